The van der Waals surface area contributed by atoms with E-state index in [0.29, 0.717) is 17.1 Å². The van der Waals surface area contributed by atoms with Gasteiger partial charge in [-0.05, 0) is 31.6 Å². The predicted molar refractivity (Wildman–Crippen MR) is 75.1 cm³/mol. The number of rotatable bonds is 6. The SMILES string of the molecule is C=C(C(=NC)/C(C)=C\C(=C/CC)[NH+](C)[O-])[NH+](C)[O-]. The number of quaternary nitrogens is 2. The van der Waals surface area contributed by atoms with Crippen LogP contribution in [-0.2, 0) is 0 Å². The smallest absolute Gasteiger partial charge is 0.149 e. The minimum Gasteiger partial charge on any atom is -0.629 e. The van der Waals surface area contributed by atoms with Crippen molar-refractivity contribution in [2.24, 2.45) is 4.99 Å². The number of aliphatic imine (C=N–C) groups is 1. The number of allylic oxidation sites excluding steroid dienone is 3. The highest BCUT2D eigenvalue weighted by molar-refractivity contribution is 6.10. The molecule has 0 bridgehead atoms. The van der Waals surface area contributed by atoms with Crippen LogP contribution in [-0.4, -0.2) is 26.9 Å². The number of hydroxylamine groups is 4. The Balaban J connectivity index is 5.29. The van der Waals surface area contributed by atoms with Crippen molar-refractivity contribution in [1.29, 1.82) is 0 Å². The van der Waals surface area contributed by atoms with Gasteiger partial charge >= 0.3 is 0 Å². The van der Waals surface area contributed by atoms with Crippen LogP contribution >= 0.6 is 0 Å². The summed E-state index contributed by atoms with van der Waals surface area (Å²) in [5, 5.41) is 22.6. The summed E-state index contributed by atoms with van der Waals surface area (Å²) < 4.78 is 0. The molecule has 0 saturated carbocycles. The molecule has 0 radical (unpaired) electrons. The number of hydrogen-bond acceptors (Lipinski definition) is 3. The number of nitrogens with zero attached hydrogens (tertiary/aromatic N) is 1. The van der Waals surface area contributed by atoms with Gasteiger partial charge in [0.15, 0.2) is 0 Å². The van der Waals surface area contributed by atoms with Gasteiger partial charge < -0.3 is 20.5 Å². The maximum absolute atomic E-state index is 11.4. The quantitative estimate of drug-likeness (QED) is 0.392. The molecule has 0 aromatic carbocycles. The van der Waals surface area contributed by atoms with E-state index >= 15 is 0 Å². The third-order valence-corrected chi connectivity index (χ3v) is 2.51. The molecule has 0 aromatic rings. The molecule has 0 spiro atoms. The average Bonchev–Trinajstić information content (AvgIpc) is 2.28. The van der Waals surface area contributed by atoms with Gasteiger partial charge in [0.1, 0.15) is 17.1 Å². The van der Waals surface area contributed by atoms with Crippen LogP contribution < -0.4 is 10.1 Å². The maximum atomic E-state index is 11.4. The molecule has 0 aliphatic heterocycles. The Morgan fingerprint density at radius 3 is 2.17 bits per heavy atom. The molecule has 18 heavy (non-hydrogen) atoms. The first-order valence-corrected chi connectivity index (χ1v) is 5.91. The minimum absolute atomic E-state index is 0.0000836. The summed E-state index contributed by atoms with van der Waals surface area (Å²) in [5.74, 6) is 0. The van der Waals surface area contributed by atoms with E-state index in [2.05, 4.69) is 11.6 Å². The fourth-order valence-corrected chi connectivity index (χ4v) is 1.54. The van der Waals surface area contributed by atoms with Crippen molar-refractivity contribution in [1.82, 2.24) is 0 Å². The van der Waals surface area contributed by atoms with Gasteiger partial charge in [0.05, 0.1) is 14.1 Å². The van der Waals surface area contributed by atoms with Gasteiger partial charge in [-0.3, -0.25) is 4.99 Å². The third kappa shape index (κ3) is 4.93. The Labute approximate surface area is 109 Å². The van der Waals surface area contributed by atoms with Gasteiger partial charge in [0.2, 0.25) is 0 Å². The lowest BCUT2D eigenvalue weighted by atomic mass is 10.1. The zero-order valence-electron chi connectivity index (χ0n) is 11.8. The lowest BCUT2D eigenvalue weighted by molar-refractivity contribution is -0.779. The van der Waals surface area contributed by atoms with E-state index < -0.39 is 0 Å². The van der Waals surface area contributed by atoms with E-state index in [1.54, 1.807) is 13.1 Å². The van der Waals surface area contributed by atoms with Crippen LogP contribution in [0.3, 0.4) is 0 Å². The van der Waals surface area contributed by atoms with Crippen molar-refractivity contribution in [3.05, 3.63) is 46.1 Å². The number of hydrogen-bond donors (Lipinski definition) is 2. The van der Waals surface area contributed by atoms with Crippen LogP contribution in [0, 0.1) is 10.4 Å². The molecule has 0 aliphatic rings. The Bertz CT molecular complexity index is 380. The summed E-state index contributed by atoms with van der Waals surface area (Å²) >= 11 is 0. The average molecular weight is 253 g/mol. The first-order valence-electron chi connectivity index (χ1n) is 5.91. The third-order valence-electron chi connectivity index (χ3n) is 2.51. The van der Waals surface area contributed by atoms with E-state index in [4.69, 9.17) is 0 Å². The molecular weight excluding hydrogens is 230 g/mol. The largest absolute Gasteiger partial charge is 0.629 e. The summed E-state index contributed by atoms with van der Waals surface area (Å²) in [6, 6.07) is 0. The first kappa shape index (κ1) is 16.7. The Morgan fingerprint density at radius 1 is 1.28 bits per heavy atom. The second-order valence-corrected chi connectivity index (χ2v) is 4.06. The Hall–Kier alpha value is -1.27. The second kappa shape index (κ2) is 7.94. The van der Waals surface area contributed by atoms with Crippen molar-refractivity contribution >= 4 is 5.71 Å². The Morgan fingerprint density at radius 2 is 1.83 bits per heavy atom. The lowest BCUT2D eigenvalue weighted by Crippen LogP contribution is -3.02. The normalized spacial score (nSPS) is 17.6. The molecule has 0 aliphatic carbocycles. The van der Waals surface area contributed by atoms with Crippen molar-refractivity contribution in [2.75, 3.05) is 21.1 Å². The number of nitrogens with one attached hydrogen (secondary N) is 2. The molecule has 2 atom stereocenters. The lowest BCUT2D eigenvalue weighted by Gasteiger charge is -2.21. The van der Waals surface area contributed by atoms with Crippen LogP contribution in [0.15, 0.2) is 40.7 Å². The van der Waals surface area contributed by atoms with E-state index in [1.807, 2.05) is 19.9 Å². The molecule has 5 nitrogen and oxygen atoms in total. The molecule has 0 saturated heterocycles. The van der Waals surface area contributed by atoms with Crippen molar-refractivity contribution in [3.63, 3.8) is 0 Å². The molecule has 2 N–H and O–H groups in total. The van der Waals surface area contributed by atoms with Crippen molar-refractivity contribution in [3.8, 4) is 0 Å². The monoisotopic (exact) mass is 253 g/mol. The molecule has 0 heterocycles. The van der Waals surface area contributed by atoms with Gasteiger partial charge in [-0.25, -0.2) is 0 Å². The molecule has 2 unspecified atom stereocenters. The standard InChI is InChI=1S/C13H23N3O2/c1-7-8-12(16(6)18)9-10(2)13(14-4)11(3)15(5)17/h8-9,15-16H,3,7H2,1-2,4-6H3/b10-9-,12-8+,14-13?. The summed E-state index contributed by atoms with van der Waals surface area (Å²) in [4.78, 5) is 4.07. The van der Waals surface area contributed by atoms with Crippen LogP contribution in [0.25, 0.3) is 0 Å². The van der Waals surface area contributed by atoms with E-state index in [0.717, 1.165) is 12.0 Å². The topological polar surface area (TPSA) is 67.4 Å². The highest BCUT2D eigenvalue weighted by Gasteiger charge is 2.12. The summed E-state index contributed by atoms with van der Waals surface area (Å²) in [5.41, 5.74) is 2.32. The van der Waals surface area contributed by atoms with Gasteiger partial charge in [-0.1, -0.05) is 6.92 Å². The van der Waals surface area contributed by atoms with Gasteiger partial charge in [0.25, 0.3) is 0 Å². The van der Waals surface area contributed by atoms with Crippen LogP contribution in [0.4, 0.5) is 0 Å². The summed E-state index contributed by atoms with van der Waals surface area (Å²) in [6.45, 7) is 7.51. The van der Waals surface area contributed by atoms with Crippen molar-refractivity contribution in [2.45, 2.75) is 20.3 Å². The molecule has 0 fully saturated rings. The van der Waals surface area contributed by atoms with Crippen molar-refractivity contribution < 1.29 is 10.1 Å². The van der Waals surface area contributed by atoms with Gasteiger partial charge in [-0.2, -0.15) is 0 Å². The highest BCUT2D eigenvalue weighted by Crippen LogP contribution is 2.05. The molecule has 0 amide bonds. The van der Waals surface area contributed by atoms with Gasteiger partial charge in [0, 0.05) is 13.1 Å². The molecule has 0 rings (SSSR count). The zero-order chi connectivity index (χ0) is 14.3. The second-order valence-electron chi connectivity index (χ2n) is 4.06. The summed E-state index contributed by atoms with van der Waals surface area (Å²) in [6.07, 6.45) is 4.39. The van der Waals surface area contributed by atoms with Crippen LogP contribution in [0.2, 0.25) is 0 Å². The molecule has 0 aromatic heterocycles. The van der Waals surface area contributed by atoms with E-state index in [1.165, 1.54) is 14.1 Å². The van der Waals surface area contributed by atoms with E-state index in [9.17, 15) is 10.4 Å². The predicted octanol–water partition coefficient (Wildman–Crippen LogP) is -0.164. The fourth-order valence-electron chi connectivity index (χ4n) is 1.54. The zero-order valence-corrected chi connectivity index (χ0v) is 11.8. The first-order chi connectivity index (χ1) is 8.34. The van der Waals surface area contributed by atoms with Crippen LogP contribution in [0.1, 0.15) is 20.3 Å². The summed E-state index contributed by atoms with van der Waals surface area (Å²) in [7, 11) is 4.58. The highest BCUT2D eigenvalue weighted by atomic mass is 16.5. The Kier molecular flexibility index (Phi) is 7.38. The molecular formula is C13H23N3O2. The molecule has 102 valence electrons. The number of likely N-dealkylation sites (N-methyl/N-ethyl adjacent to an activating group) is 1. The molecule has 5 heteroatoms. The van der Waals surface area contributed by atoms with Crippen LogP contribution in [0.5, 0.6) is 0 Å². The maximum Gasteiger partial charge on any atom is 0.149 e. The minimum atomic E-state index is -0.118. The van der Waals surface area contributed by atoms with Gasteiger partial charge in [-0.15, -0.1) is 0 Å². The fraction of sp³-hybridized carbons (Fsp3) is 0.462. The van der Waals surface area contributed by atoms with E-state index in [-0.39, 0.29) is 10.1 Å².